The molecular weight excluding hydrogens is 880 g/mol. The number of benzene rings is 3. The molecule has 0 aliphatic carbocycles. The van der Waals surface area contributed by atoms with Crippen LogP contribution in [0.25, 0.3) is 21.8 Å². The lowest BCUT2D eigenvalue weighted by molar-refractivity contribution is -0.120. The van der Waals surface area contributed by atoms with E-state index in [-0.39, 0.29) is 23.9 Å². The van der Waals surface area contributed by atoms with Crippen molar-refractivity contribution in [3.8, 4) is 0 Å². The first-order chi connectivity index (χ1) is 33.2. The molecule has 20 nitrogen and oxygen atoms in total. The monoisotopic (exact) mass is 930 g/mol. The smallest absolute Gasteiger partial charge is 0.250 e. The first-order valence-corrected chi connectivity index (χ1v) is 22.7. The Kier molecular flexibility index (Phi) is 11.3. The first kappa shape index (κ1) is 44.4. The van der Waals surface area contributed by atoms with E-state index in [1.54, 1.807) is 71.4 Å². The number of rotatable bonds is 13. The zero-order valence-corrected chi connectivity index (χ0v) is 39.3. The third-order valence-electron chi connectivity index (χ3n) is 12.7. The van der Waals surface area contributed by atoms with Gasteiger partial charge in [-0.15, -0.1) is 0 Å². The van der Waals surface area contributed by atoms with Gasteiger partial charge in [0, 0.05) is 63.2 Å². The van der Waals surface area contributed by atoms with Gasteiger partial charge in [-0.2, -0.15) is 20.2 Å². The highest BCUT2D eigenvalue weighted by Crippen LogP contribution is 2.41. The fourth-order valence-corrected chi connectivity index (χ4v) is 9.36. The zero-order chi connectivity index (χ0) is 48.2. The van der Waals surface area contributed by atoms with Crippen LogP contribution in [0.5, 0.6) is 0 Å². The van der Waals surface area contributed by atoms with Crippen molar-refractivity contribution in [3.05, 3.63) is 97.2 Å². The van der Waals surface area contributed by atoms with Gasteiger partial charge in [0.15, 0.2) is 29.1 Å². The molecule has 0 saturated heterocycles. The molecule has 8 aromatic rings. The number of carbonyl (C=O) groups is 2. The number of nitrogens with one attached hydrogen (secondary N) is 4. The minimum Gasteiger partial charge on any atom is -0.355 e. The maximum Gasteiger partial charge on any atom is 0.250 e. The van der Waals surface area contributed by atoms with E-state index in [1.165, 1.54) is 6.07 Å². The molecule has 2 aliphatic rings. The Balaban J connectivity index is 0.874. The second kappa shape index (κ2) is 17.6. The molecule has 0 spiro atoms. The molecule has 2 amide bonds. The van der Waals surface area contributed by atoms with E-state index in [0.717, 1.165) is 22.3 Å². The molecule has 10 rings (SSSR count). The maximum atomic E-state index is 14.9. The first-order valence-electron chi connectivity index (χ1n) is 22.7. The van der Waals surface area contributed by atoms with Crippen LogP contribution in [-0.4, -0.2) is 99.0 Å². The van der Waals surface area contributed by atoms with Crippen molar-refractivity contribution in [2.45, 2.75) is 65.2 Å². The third kappa shape index (κ3) is 8.14. The average molecular weight is 931 g/mol. The summed E-state index contributed by atoms with van der Waals surface area (Å²) in [6, 6.07) is 20.6. The quantitative estimate of drug-likeness (QED) is 0.0880. The summed E-state index contributed by atoms with van der Waals surface area (Å²) in [6.07, 6.45) is 5.32. The lowest BCUT2D eigenvalue weighted by Gasteiger charge is -2.45. The summed E-state index contributed by atoms with van der Waals surface area (Å²) in [4.78, 5) is 63.5. The molecule has 2 aliphatic heterocycles. The molecule has 7 heterocycles. The molecule has 0 saturated carbocycles. The molecule has 5 aromatic heterocycles. The number of halogens is 1. The number of aromatic nitrogens is 10. The Morgan fingerprint density at radius 2 is 1.32 bits per heavy atom. The number of carbonyl (C=O) groups excluding carboxylic acids is 2. The van der Waals surface area contributed by atoms with Crippen LogP contribution in [0, 0.1) is 5.82 Å². The Labute approximate surface area is 396 Å². The number of aryl methyl sites for hydroxylation is 2. The second-order valence-corrected chi connectivity index (χ2v) is 17.5. The molecule has 352 valence electrons. The Morgan fingerprint density at radius 1 is 0.652 bits per heavy atom. The Morgan fingerprint density at radius 3 is 2.07 bits per heavy atom. The highest BCUT2D eigenvalue weighted by Gasteiger charge is 2.41. The van der Waals surface area contributed by atoms with Crippen LogP contribution in [0.3, 0.4) is 0 Å². The van der Waals surface area contributed by atoms with Gasteiger partial charge in [0.25, 0.3) is 5.91 Å². The molecule has 3 atom stereocenters. The van der Waals surface area contributed by atoms with E-state index in [9.17, 15) is 14.0 Å². The second-order valence-electron chi connectivity index (χ2n) is 17.5. The van der Waals surface area contributed by atoms with Gasteiger partial charge >= 0.3 is 0 Å². The van der Waals surface area contributed by atoms with Gasteiger partial charge in [0.1, 0.15) is 29.5 Å². The number of anilines is 12. The van der Waals surface area contributed by atoms with Crippen molar-refractivity contribution in [2.75, 3.05) is 54.5 Å². The number of hydrogen-bond acceptors (Lipinski definition) is 16. The minimum atomic E-state index is -0.534. The number of hydrogen-bond donors (Lipinski definition) is 4. The maximum absolute atomic E-state index is 14.9. The summed E-state index contributed by atoms with van der Waals surface area (Å²) in [5.74, 6) is 3.41. The van der Waals surface area contributed by atoms with E-state index in [4.69, 9.17) is 9.97 Å². The summed E-state index contributed by atoms with van der Waals surface area (Å²) < 4.78 is 18.3. The molecule has 21 heteroatoms. The predicted octanol–water partition coefficient (Wildman–Crippen LogP) is 7.54. The lowest BCUT2D eigenvalue weighted by Crippen LogP contribution is -2.57. The summed E-state index contributed by atoms with van der Waals surface area (Å²) >= 11 is 0. The predicted molar refractivity (Wildman–Crippen MR) is 266 cm³/mol. The highest BCUT2D eigenvalue weighted by atomic mass is 19.1. The van der Waals surface area contributed by atoms with Crippen LogP contribution in [-0.2, 0) is 23.7 Å². The van der Waals surface area contributed by atoms with Gasteiger partial charge in [0.05, 0.1) is 34.0 Å². The highest BCUT2D eigenvalue weighted by molar-refractivity contribution is 6.06. The van der Waals surface area contributed by atoms with Crippen LogP contribution in [0.1, 0.15) is 41.0 Å². The number of para-hydroxylation sites is 1. The number of likely N-dealkylation sites (N-methyl/N-ethyl adjacent to an activating group) is 1. The van der Waals surface area contributed by atoms with E-state index < -0.39 is 17.9 Å². The van der Waals surface area contributed by atoms with Crippen molar-refractivity contribution in [3.63, 3.8) is 0 Å². The van der Waals surface area contributed by atoms with Crippen LogP contribution < -0.4 is 40.9 Å². The summed E-state index contributed by atoms with van der Waals surface area (Å²) in [6.45, 7) is 10.2. The molecule has 0 radical (unpaired) electrons. The lowest BCUT2D eigenvalue weighted by atomic mass is 10.0. The van der Waals surface area contributed by atoms with Crippen LogP contribution in [0.15, 0.2) is 91.4 Å². The largest absolute Gasteiger partial charge is 0.355 e. The van der Waals surface area contributed by atoms with Crippen LogP contribution in [0.2, 0.25) is 0 Å². The normalized spacial score (nSPS) is 16.3. The molecule has 69 heavy (non-hydrogen) atoms. The molecule has 1 unspecified atom stereocenters. The third-order valence-corrected chi connectivity index (χ3v) is 12.7. The summed E-state index contributed by atoms with van der Waals surface area (Å²) in [5, 5.41) is 23.4. The van der Waals surface area contributed by atoms with Crippen LogP contribution >= 0.6 is 0 Å². The molecule has 4 N–H and O–H groups in total. The van der Waals surface area contributed by atoms with E-state index in [1.807, 2.05) is 86.8 Å². The van der Waals surface area contributed by atoms with E-state index in [2.05, 4.69) is 63.2 Å². The van der Waals surface area contributed by atoms with Crippen molar-refractivity contribution < 1.29 is 14.0 Å². The summed E-state index contributed by atoms with van der Waals surface area (Å²) in [5.41, 5.74) is 3.87. The fraction of sp³-hybridized carbons (Fsp3) is 0.292. The minimum absolute atomic E-state index is 0.0577. The zero-order valence-electron chi connectivity index (χ0n) is 39.3. The number of fused-ring (bicyclic) bond motifs is 4. The van der Waals surface area contributed by atoms with Gasteiger partial charge in [-0.25, -0.2) is 24.3 Å². The van der Waals surface area contributed by atoms with Gasteiger partial charge in [0.2, 0.25) is 17.8 Å². The van der Waals surface area contributed by atoms with Gasteiger partial charge in [-0.1, -0.05) is 18.2 Å². The average Bonchev–Trinajstić information content (AvgIpc) is 3.82. The van der Waals surface area contributed by atoms with Crippen LogP contribution in [0.4, 0.5) is 74.1 Å². The van der Waals surface area contributed by atoms with Crippen molar-refractivity contribution in [1.29, 1.82) is 0 Å². The molecule has 0 fully saturated rings. The van der Waals surface area contributed by atoms with Gasteiger partial charge in [-0.05, 0) is 95.6 Å². The summed E-state index contributed by atoms with van der Waals surface area (Å²) in [7, 11) is 5.42. The standard InChI is InChI=1S/C48H51FN18O2/c1-26(2)66-29(5)46(69)65(43-44(66)56-39(25-52-43)59-48-51-22-18-37(58-48)54-41-31-12-9-10-14-33(31)63(7)60-41)23-20-27(3)67-28(4)45(68)62(6)34-17-16-30(24-36(34)67)53-47-50-21-19-38(57-47)55-42-40-32(49)13-11-15-35(40)64(8)61-42/h9-19,21-22,24-29H,20,23H2,1-8H3,(H2,50,53,55,57,61)(H2,51,54,56,58,59,60)/t27?,28-,29-/m1/s1. The van der Waals surface area contributed by atoms with Crippen molar-refractivity contribution in [2.24, 2.45) is 14.1 Å². The Bertz CT molecular complexity index is 3280. The molecular formula is C48H51FN18O2. The van der Waals surface area contributed by atoms with E-state index >= 15 is 0 Å². The van der Waals surface area contributed by atoms with Crippen molar-refractivity contribution in [1.82, 2.24) is 49.5 Å². The molecule has 3 aromatic carbocycles. The van der Waals surface area contributed by atoms with Crippen molar-refractivity contribution >= 4 is 103 Å². The number of amides is 2. The Hall–Kier alpha value is -8.49. The number of nitrogens with zero attached hydrogens (tertiary/aromatic N) is 14. The van der Waals surface area contributed by atoms with Gasteiger partial charge in [-0.3, -0.25) is 23.9 Å². The van der Waals surface area contributed by atoms with Gasteiger partial charge < -0.3 is 36.0 Å². The SMILES string of the molecule is CC(C)N1c2nc(Nc3nccc(Nc4nn(C)c5ccccc45)n3)cnc2N(CCC(C)N2c3cc(Nc4nccc(Nc5nn(C)c6cccc(F)c56)n4)ccc3N(C)C(=O)[C@H]2C)C(=O)[C@H]1C. The van der Waals surface area contributed by atoms with E-state index in [0.29, 0.717) is 82.2 Å². The topological polar surface area (TPSA) is 208 Å². The fourth-order valence-electron chi connectivity index (χ4n) is 9.36. The molecule has 0 bridgehead atoms.